The maximum atomic E-state index is 13.3. The van der Waals surface area contributed by atoms with E-state index in [0.29, 0.717) is 13.0 Å². The smallest absolute Gasteiger partial charge is 0.447 e. The van der Waals surface area contributed by atoms with Gasteiger partial charge in [0.05, 0.1) is 12.0 Å². The molecule has 9 nitrogen and oxygen atoms in total. The Morgan fingerprint density at radius 3 is 2.50 bits per heavy atom. The minimum absolute atomic E-state index is 0.0363. The predicted molar refractivity (Wildman–Crippen MR) is 137 cm³/mol. The first-order valence-electron chi connectivity index (χ1n) is 12.7. The second kappa shape index (κ2) is 12.9. The fourth-order valence-electron chi connectivity index (χ4n) is 4.94. The zero-order valence-corrected chi connectivity index (χ0v) is 21.2. The zero-order valence-electron chi connectivity index (χ0n) is 21.2. The number of alkyl carbamates (subject to hydrolysis) is 1. The molecule has 0 bridgehead atoms. The van der Waals surface area contributed by atoms with Crippen LogP contribution >= 0.6 is 0 Å². The molecule has 0 saturated carbocycles. The third-order valence-corrected chi connectivity index (χ3v) is 7.03. The van der Waals surface area contributed by atoms with Crippen molar-refractivity contribution in [2.24, 2.45) is 0 Å². The second-order valence-corrected chi connectivity index (χ2v) is 10.1. The topological polar surface area (TPSA) is 126 Å². The summed E-state index contributed by atoms with van der Waals surface area (Å²) in [6, 6.07) is 10.9. The average molecular weight is 496 g/mol. The van der Waals surface area contributed by atoms with E-state index >= 15 is 0 Å². The standard InChI is InChI=1S/C26H37BN4O5/c1-26(2,30-13-8-9-14-30)17-21(18-28)24(32)31-15-7-6-12-22(31)19-36-25(33)29-23(27(34)35)16-20-10-4-3-5-11-20/h3-5,10-11,17,22-23,34-35H,6-9,12-16,19H2,1-2H3,(H,29,33)/t22-,23+/m1/s1. The van der Waals surface area contributed by atoms with Crippen LogP contribution in [0.25, 0.3) is 0 Å². The second-order valence-electron chi connectivity index (χ2n) is 10.1. The van der Waals surface area contributed by atoms with E-state index in [0.717, 1.165) is 44.3 Å². The molecular formula is C26H37BN4O5. The lowest BCUT2D eigenvalue weighted by Gasteiger charge is -2.36. The number of nitrogens with zero attached hydrogens (tertiary/aromatic N) is 3. The minimum Gasteiger partial charge on any atom is -0.447 e. The van der Waals surface area contributed by atoms with Crippen LogP contribution in [0.2, 0.25) is 0 Å². The number of piperidine rings is 1. The molecule has 2 fully saturated rings. The molecule has 2 saturated heterocycles. The Kier molecular flexibility index (Phi) is 9.93. The number of carbonyl (C=O) groups excluding carboxylic acids is 2. The van der Waals surface area contributed by atoms with Gasteiger partial charge in [-0.15, -0.1) is 0 Å². The van der Waals surface area contributed by atoms with Crippen molar-refractivity contribution in [2.45, 2.75) is 69.9 Å². The van der Waals surface area contributed by atoms with Crippen LogP contribution in [0.3, 0.4) is 0 Å². The summed E-state index contributed by atoms with van der Waals surface area (Å²) in [5, 5.41) is 31.7. The number of rotatable bonds is 9. The van der Waals surface area contributed by atoms with Gasteiger partial charge in [0.25, 0.3) is 5.91 Å². The van der Waals surface area contributed by atoms with Gasteiger partial charge >= 0.3 is 13.2 Å². The highest BCUT2D eigenvalue weighted by Gasteiger charge is 2.34. The molecule has 3 rings (SSSR count). The van der Waals surface area contributed by atoms with Gasteiger partial charge in [-0.3, -0.25) is 9.69 Å². The molecule has 36 heavy (non-hydrogen) atoms. The Balaban J connectivity index is 1.61. The van der Waals surface area contributed by atoms with Crippen molar-refractivity contribution in [3.63, 3.8) is 0 Å². The SMILES string of the molecule is CC(C)(C=C(C#N)C(=O)N1CCCC[C@@H]1COC(=O)N[C@@H](Cc1ccccc1)B(O)O)N1CCCC1. The molecule has 0 radical (unpaired) electrons. The van der Waals surface area contributed by atoms with E-state index in [-0.39, 0.29) is 30.5 Å². The summed E-state index contributed by atoms with van der Waals surface area (Å²) in [7, 11) is -1.76. The summed E-state index contributed by atoms with van der Waals surface area (Å²) in [6.45, 7) is 6.38. The lowest BCUT2D eigenvalue weighted by Crippen LogP contribution is -2.50. The van der Waals surface area contributed by atoms with Crippen LogP contribution in [0.15, 0.2) is 42.0 Å². The van der Waals surface area contributed by atoms with E-state index in [9.17, 15) is 24.9 Å². The van der Waals surface area contributed by atoms with Gasteiger partial charge in [0.15, 0.2) is 0 Å². The fraction of sp³-hybridized carbons (Fsp3) is 0.577. The fourth-order valence-corrected chi connectivity index (χ4v) is 4.94. The zero-order chi connectivity index (χ0) is 26.1. The predicted octanol–water partition coefficient (Wildman–Crippen LogP) is 2.04. The Morgan fingerprint density at radius 1 is 1.19 bits per heavy atom. The molecule has 0 spiro atoms. The largest absolute Gasteiger partial charge is 0.475 e. The lowest BCUT2D eigenvalue weighted by molar-refractivity contribution is -0.131. The molecule has 2 amide bonds. The molecule has 2 aliphatic heterocycles. The summed E-state index contributed by atoms with van der Waals surface area (Å²) in [5.41, 5.74) is 0.542. The highest BCUT2D eigenvalue weighted by Crippen LogP contribution is 2.25. The number of carbonyl (C=O) groups is 2. The van der Waals surface area contributed by atoms with Crippen LogP contribution in [0.1, 0.15) is 51.5 Å². The van der Waals surface area contributed by atoms with E-state index in [2.05, 4.69) is 16.3 Å². The van der Waals surface area contributed by atoms with Crippen LogP contribution < -0.4 is 5.32 Å². The van der Waals surface area contributed by atoms with Crippen molar-refractivity contribution >= 4 is 19.1 Å². The molecular weight excluding hydrogens is 459 g/mol. The number of amides is 2. The van der Waals surface area contributed by atoms with Gasteiger partial charge in [0.1, 0.15) is 18.2 Å². The van der Waals surface area contributed by atoms with Gasteiger partial charge in [-0.25, -0.2) is 4.79 Å². The van der Waals surface area contributed by atoms with Gasteiger partial charge < -0.3 is 25.0 Å². The normalized spacial score (nSPS) is 19.9. The van der Waals surface area contributed by atoms with E-state index in [1.807, 2.05) is 44.2 Å². The number of hydrogen-bond donors (Lipinski definition) is 3. The van der Waals surface area contributed by atoms with Crippen LogP contribution in [-0.2, 0) is 16.0 Å². The Labute approximate surface area is 213 Å². The number of benzene rings is 1. The summed E-state index contributed by atoms with van der Waals surface area (Å²) in [4.78, 5) is 29.7. The Bertz CT molecular complexity index is 957. The van der Waals surface area contributed by atoms with Gasteiger partial charge in [-0.1, -0.05) is 30.3 Å². The Morgan fingerprint density at radius 2 is 1.86 bits per heavy atom. The van der Waals surface area contributed by atoms with Crippen molar-refractivity contribution in [1.82, 2.24) is 15.1 Å². The summed E-state index contributed by atoms with van der Waals surface area (Å²) in [6.07, 6.45) is 5.79. The molecule has 2 aliphatic rings. The van der Waals surface area contributed by atoms with E-state index < -0.39 is 24.7 Å². The molecule has 10 heteroatoms. The first-order valence-corrected chi connectivity index (χ1v) is 12.7. The van der Waals surface area contributed by atoms with Crippen molar-refractivity contribution in [2.75, 3.05) is 26.2 Å². The van der Waals surface area contributed by atoms with Gasteiger partial charge in [0, 0.05) is 12.1 Å². The summed E-state index contributed by atoms with van der Waals surface area (Å²) in [5.74, 6) is -1.28. The maximum Gasteiger partial charge on any atom is 0.475 e. The molecule has 3 N–H and O–H groups in total. The van der Waals surface area contributed by atoms with Crippen molar-refractivity contribution < 1.29 is 24.4 Å². The maximum absolute atomic E-state index is 13.3. The third-order valence-electron chi connectivity index (χ3n) is 7.03. The highest BCUT2D eigenvalue weighted by molar-refractivity contribution is 6.43. The highest BCUT2D eigenvalue weighted by atomic mass is 16.5. The molecule has 194 valence electrons. The number of nitriles is 1. The summed E-state index contributed by atoms with van der Waals surface area (Å²) < 4.78 is 5.40. The first kappa shape index (κ1) is 27.7. The molecule has 0 unspecified atom stereocenters. The minimum atomic E-state index is -1.76. The van der Waals surface area contributed by atoms with Gasteiger partial charge in [0.2, 0.25) is 0 Å². The number of hydrogen-bond acceptors (Lipinski definition) is 7. The Hall–Kier alpha value is -2.87. The number of nitrogens with one attached hydrogen (secondary N) is 1. The average Bonchev–Trinajstić information content (AvgIpc) is 3.42. The van der Waals surface area contributed by atoms with Gasteiger partial charge in [-0.05, 0) is 77.1 Å². The molecule has 0 aromatic heterocycles. The van der Waals surface area contributed by atoms with Crippen LogP contribution in [-0.4, -0.2) is 82.7 Å². The quantitative estimate of drug-likeness (QED) is 0.271. The van der Waals surface area contributed by atoms with E-state index in [4.69, 9.17) is 4.74 Å². The van der Waals surface area contributed by atoms with Crippen molar-refractivity contribution in [3.8, 4) is 6.07 Å². The third kappa shape index (κ3) is 7.57. The molecule has 0 aliphatic carbocycles. The van der Waals surface area contributed by atoms with Crippen LogP contribution in [0, 0.1) is 11.3 Å². The van der Waals surface area contributed by atoms with E-state index in [1.165, 1.54) is 0 Å². The number of likely N-dealkylation sites (tertiary alicyclic amines) is 2. The number of ether oxygens (including phenoxy) is 1. The molecule has 2 atom stereocenters. The van der Waals surface area contributed by atoms with Crippen LogP contribution in [0.4, 0.5) is 4.79 Å². The van der Waals surface area contributed by atoms with Crippen LogP contribution in [0.5, 0.6) is 0 Å². The van der Waals surface area contributed by atoms with Gasteiger partial charge in [-0.2, -0.15) is 5.26 Å². The molecule has 1 aromatic carbocycles. The van der Waals surface area contributed by atoms with Crippen molar-refractivity contribution in [1.29, 1.82) is 5.26 Å². The monoisotopic (exact) mass is 496 g/mol. The lowest BCUT2D eigenvalue weighted by atomic mass is 9.76. The van der Waals surface area contributed by atoms with E-state index in [1.54, 1.807) is 11.0 Å². The summed E-state index contributed by atoms with van der Waals surface area (Å²) >= 11 is 0. The molecule has 1 aromatic rings. The van der Waals surface area contributed by atoms with Crippen molar-refractivity contribution in [3.05, 3.63) is 47.5 Å². The molecule has 2 heterocycles. The first-order chi connectivity index (χ1) is 17.2.